The van der Waals surface area contributed by atoms with E-state index in [4.69, 9.17) is 4.74 Å². The predicted octanol–water partition coefficient (Wildman–Crippen LogP) is 1.98. The monoisotopic (exact) mass is 191 g/mol. The van der Waals surface area contributed by atoms with E-state index in [1.54, 1.807) is 12.1 Å². The summed E-state index contributed by atoms with van der Waals surface area (Å²) in [4.78, 5) is 10.5. The Hall–Kier alpha value is -1.42. The Morgan fingerprint density at radius 2 is 2.36 bits per heavy atom. The topological polar surface area (TPSA) is 55.7 Å². The van der Waals surface area contributed by atoms with Gasteiger partial charge in [-0.05, 0) is 18.4 Å². The summed E-state index contributed by atoms with van der Waals surface area (Å²) in [6, 6.07) is 5.27. The zero-order chi connectivity index (χ0) is 9.71. The van der Waals surface area contributed by atoms with Crippen molar-refractivity contribution in [2.75, 3.05) is 0 Å². The summed E-state index contributed by atoms with van der Waals surface area (Å²) >= 11 is 0. The van der Waals surface area contributed by atoms with Crippen LogP contribution in [0.1, 0.15) is 23.7 Å². The fourth-order valence-electron chi connectivity index (χ4n) is 2.22. The summed E-state index contributed by atoms with van der Waals surface area (Å²) in [6.45, 7) is 0. The van der Waals surface area contributed by atoms with Crippen molar-refractivity contribution in [3.8, 4) is 0 Å². The van der Waals surface area contributed by atoms with Crippen LogP contribution in [0.15, 0.2) is 18.2 Å². The smallest absolute Gasteiger partial charge is 0.275 e. The second-order valence-electron chi connectivity index (χ2n) is 3.74. The lowest BCUT2D eigenvalue weighted by atomic mass is 9.90. The van der Waals surface area contributed by atoms with Crippen molar-refractivity contribution in [2.45, 2.75) is 25.0 Å². The fourth-order valence-corrected chi connectivity index (χ4v) is 2.22. The molecular formula is C10H9NO3. The molecule has 1 heterocycles. The molecule has 0 N–H and O–H groups in total. The average Bonchev–Trinajstić information content (AvgIpc) is 2.95. The van der Waals surface area contributed by atoms with Gasteiger partial charge in [0.25, 0.3) is 5.69 Å². The quantitative estimate of drug-likeness (QED) is 0.387. The predicted molar refractivity (Wildman–Crippen MR) is 49.0 cm³/mol. The molecule has 72 valence electrons. The van der Waals surface area contributed by atoms with Gasteiger partial charge in [0.2, 0.25) is 0 Å². The molecule has 1 aliphatic heterocycles. The van der Waals surface area contributed by atoms with Crippen LogP contribution < -0.4 is 0 Å². The first-order valence-corrected chi connectivity index (χ1v) is 4.69. The summed E-state index contributed by atoms with van der Waals surface area (Å²) in [6.07, 6.45) is 2.14. The zero-order valence-corrected chi connectivity index (χ0v) is 7.47. The van der Waals surface area contributed by atoms with Crippen molar-refractivity contribution < 1.29 is 9.66 Å². The molecular weight excluding hydrogens is 182 g/mol. The third kappa shape index (κ3) is 0.974. The van der Waals surface area contributed by atoms with Gasteiger partial charge in [-0.3, -0.25) is 10.1 Å². The van der Waals surface area contributed by atoms with Gasteiger partial charge in [-0.15, -0.1) is 0 Å². The van der Waals surface area contributed by atoms with Crippen LogP contribution >= 0.6 is 0 Å². The standard InChI is InChI=1S/C10H9NO3/c12-11(13)7-3-1-2-6-4-5-8-10(14-8)9(6)7/h1-3,8,10H,4-5H2. The van der Waals surface area contributed by atoms with Crippen LogP contribution in [0.4, 0.5) is 5.69 Å². The van der Waals surface area contributed by atoms with E-state index < -0.39 is 0 Å². The van der Waals surface area contributed by atoms with Gasteiger partial charge in [-0.25, -0.2) is 0 Å². The minimum atomic E-state index is -0.317. The molecule has 14 heavy (non-hydrogen) atoms. The highest BCUT2D eigenvalue weighted by Crippen LogP contribution is 2.49. The van der Waals surface area contributed by atoms with Crippen LogP contribution in [0.25, 0.3) is 0 Å². The van der Waals surface area contributed by atoms with Crippen molar-refractivity contribution in [1.82, 2.24) is 0 Å². The van der Waals surface area contributed by atoms with Crippen molar-refractivity contribution in [1.29, 1.82) is 0 Å². The summed E-state index contributed by atoms with van der Waals surface area (Å²) in [7, 11) is 0. The highest BCUT2D eigenvalue weighted by Gasteiger charge is 2.47. The molecule has 0 amide bonds. The van der Waals surface area contributed by atoms with Crippen molar-refractivity contribution in [2.24, 2.45) is 0 Å². The lowest BCUT2D eigenvalue weighted by Gasteiger charge is -2.10. The molecule has 1 aromatic carbocycles. The average molecular weight is 191 g/mol. The number of rotatable bonds is 1. The van der Waals surface area contributed by atoms with Gasteiger partial charge in [0.1, 0.15) is 6.10 Å². The van der Waals surface area contributed by atoms with E-state index in [0.29, 0.717) is 0 Å². The first-order chi connectivity index (χ1) is 6.77. The number of ether oxygens (including phenoxy) is 1. The van der Waals surface area contributed by atoms with Crippen LogP contribution in [-0.4, -0.2) is 11.0 Å². The normalized spacial score (nSPS) is 27.7. The maximum Gasteiger partial charge on any atom is 0.275 e. The van der Waals surface area contributed by atoms with Gasteiger partial charge in [0, 0.05) is 6.07 Å². The Morgan fingerprint density at radius 3 is 3.14 bits per heavy atom. The molecule has 0 spiro atoms. The molecule has 1 aromatic rings. The van der Waals surface area contributed by atoms with E-state index in [-0.39, 0.29) is 22.8 Å². The van der Waals surface area contributed by atoms with E-state index in [0.717, 1.165) is 24.0 Å². The molecule has 1 aliphatic carbocycles. The number of epoxide rings is 1. The maximum absolute atomic E-state index is 10.8. The van der Waals surface area contributed by atoms with Crippen molar-refractivity contribution >= 4 is 5.69 Å². The van der Waals surface area contributed by atoms with Crippen LogP contribution in [0.3, 0.4) is 0 Å². The Bertz CT molecular complexity index is 416. The zero-order valence-electron chi connectivity index (χ0n) is 7.47. The molecule has 3 rings (SSSR count). The number of nitrogens with zero attached hydrogens (tertiary/aromatic N) is 1. The number of aryl methyl sites for hydroxylation is 1. The molecule has 2 atom stereocenters. The van der Waals surface area contributed by atoms with Gasteiger partial charge in [0.05, 0.1) is 16.6 Å². The molecule has 4 heteroatoms. The third-order valence-electron chi connectivity index (χ3n) is 2.94. The van der Waals surface area contributed by atoms with E-state index in [9.17, 15) is 10.1 Å². The Morgan fingerprint density at radius 1 is 1.50 bits per heavy atom. The van der Waals surface area contributed by atoms with E-state index in [1.807, 2.05) is 6.07 Å². The van der Waals surface area contributed by atoms with Crippen LogP contribution in [-0.2, 0) is 11.2 Å². The van der Waals surface area contributed by atoms with Crippen LogP contribution in [0.2, 0.25) is 0 Å². The number of nitro benzene ring substituents is 1. The highest BCUT2D eigenvalue weighted by molar-refractivity contribution is 5.50. The lowest BCUT2D eigenvalue weighted by Crippen LogP contribution is -2.07. The summed E-state index contributed by atoms with van der Waals surface area (Å²) in [5.41, 5.74) is 2.11. The summed E-state index contributed by atoms with van der Waals surface area (Å²) in [5.74, 6) is 0. The second kappa shape index (κ2) is 2.54. The molecule has 2 aliphatic rings. The molecule has 0 saturated carbocycles. The second-order valence-corrected chi connectivity index (χ2v) is 3.74. The fraction of sp³-hybridized carbons (Fsp3) is 0.400. The first-order valence-electron chi connectivity index (χ1n) is 4.69. The van der Waals surface area contributed by atoms with E-state index in [1.165, 1.54) is 0 Å². The van der Waals surface area contributed by atoms with Crippen molar-refractivity contribution in [3.05, 3.63) is 39.4 Å². The highest BCUT2D eigenvalue weighted by atomic mass is 16.6. The van der Waals surface area contributed by atoms with E-state index >= 15 is 0 Å². The molecule has 1 saturated heterocycles. The van der Waals surface area contributed by atoms with Gasteiger partial charge in [0.15, 0.2) is 0 Å². The number of fused-ring (bicyclic) bond motifs is 3. The summed E-state index contributed by atoms with van der Waals surface area (Å²) in [5, 5.41) is 10.8. The Balaban J connectivity index is 2.18. The first kappa shape index (κ1) is 7.94. The summed E-state index contributed by atoms with van der Waals surface area (Å²) < 4.78 is 5.39. The Kier molecular flexibility index (Phi) is 1.44. The molecule has 4 nitrogen and oxygen atoms in total. The Labute approximate surface area is 80.6 Å². The van der Waals surface area contributed by atoms with Crippen LogP contribution in [0, 0.1) is 10.1 Å². The van der Waals surface area contributed by atoms with Gasteiger partial charge in [-0.1, -0.05) is 12.1 Å². The molecule has 0 radical (unpaired) electrons. The van der Waals surface area contributed by atoms with E-state index in [2.05, 4.69) is 0 Å². The SMILES string of the molecule is O=[N+]([O-])c1cccc2c1C1OC1CC2. The third-order valence-corrected chi connectivity index (χ3v) is 2.94. The van der Waals surface area contributed by atoms with Gasteiger partial charge < -0.3 is 4.74 Å². The number of hydrogen-bond donors (Lipinski definition) is 0. The number of nitro groups is 1. The minimum absolute atomic E-state index is 0.000324. The maximum atomic E-state index is 10.8. The van der Waals surface area contributed by atoms with Crippen LogP contribution in [0.5, 0.6) is 0 Å². The molecule has 2 unspecified atom stereocenters. The van der Waals surface area contributed by atoms with Crippen molar-refractivity contribution in [3.63, 3.8) is 0 Å². The number of hydrogen-bond acceptors (Lipinski definition) is 3. The molecule has 1 fully saturated rings. The molecule has 0 aromatic heterocycles. The largest absolute Gasteiger partial charge is 0.364 e. The van der Waals surface area contributed by atoms with Gasteiger partial charge >= 0.3 is 0 Å². The molecule has 0 bridgehead atoms. The lowest BCUT2D eigenvalue weighted by molar-refractivity contribution is -0.385. The van der Waals surface area contributed by atoms with Gasteiger partial charge in [-0.2, -0.15) is 0 Å². The number of benzene rings is 1. The minimum Gasteiger partial charge on any atom is -0.364 e.